The molecule has 6 nitrogen and oxygen atoms in total. The third kappa shape index (κ3) is 4.63. The highest BCUT2D eigenvalue weighted by Gasteiger charge is 2.36. The molecule has 0 spiro atoms. The molecule has 0 N–H and O–H groups in total. The number of nitrogens with zero attached hydrogens (tertiary/aromatic N) is 2. The van der Waals surface area contributed by atoms with Crippen LogP contribution in [0.2, 0.25) is 0 Å². The van der Waals surface area contributed by atoms with Crippen LogP contribution in [0, 0.1) is 0 Å². The van der Waals surface area contributed by atoms with Crippen molar-refractivity contribution in [1.82, 2.24) is 9.21 Å². The lowest BCUT2D eigenvalue weighted by Crippen LogP contribution is -2.55. The van der Waals surface area contributed by atoms with Gasteiger partial charge in [0.25, 0.3) is 0 Å². The maximum absolute atomic E-state index is 12.6. The number of likely N-dealkylation sites (N-methyl/N-ethyl adjacent to an activating group) is 1. The van der Waals surface area contributed by atoms with Crippen LogP contribution in [0.1, 0.15) is 26.7 Å². The van der Waals surface area contributed by atoms with Crippen LogP contribution in [-0.2, 0) is 19.5 Å². The highest BCUT2D eigenvalue weighted by atomic mass is 32.2. The molecule has 0 aliphatic carbocycles. The molecule has 0 aromatic heterocycles. The van der Waals surface area contributed by atoms with E-state index in [2.05, 4.69) is 4.90 Å². The van der Waals surface area contributed by atoms with Crippen molar-refractivity contribution in [1.29, 1.82) is 0 Å². The van der Waals surface area contributed by atoms with Crippen LogP contribution >= 0.6 is 0 Å². The number of rotatable bonds is 6. The summed E-state index contributed by atoms with van der Waals surface area (Å²) in [4.78, 5) is 2.27. The first-order chi connectivity index (χ1) is 9.81. The fourth-order valence-electron chi connectivity index (χ4n) is 2.91. The fourth-order valence-corrected chi connectivity index (χ4v) is 4.67. The Hall–Kier alpha value is -0.210. The van der Waals surface area contributed by atoms with Gasteiger partial charge in [0.05, 0.1) is 25.1 Å². The van der Waals surface area contributed by atoms with Crippen LogP contribution < -0.4 is 0 Å². The summed E-state index contributed by atoms with van der Waals surface area (Å²) in [5, 5.41) is 0. The van der Waals surface area contributed by atoms with Gasteiger partial charge >= 0.3 is 0 Å². The molecule has 0 amide bonds. The Balaban J connectivity index is 1.96. The lowest BCUT2D eigenvalue weighted by molar-refractivity contribution is 0.0204. The van der Waals surface area contributed by atoms with Crippen molar-refractivity contribution in [2.24, 2.45) is 0 Å². The summed E-state index contributed by atoms with van der Waals surface area (Å²) in [6, 6.07) is 0. The van der Waals surface area contributed by atoms with E-state index < -0.39 is 15.6 Å². The summed E-state index contributed by atoms with van der Waals surface area (Å²) in [6.07, 6.45) is 1.66. The lowest BCUT2D eigenvalue weighted by Gasteiger charge is -2.40. The van der Waals surface area contributed by atoms with Gasteiger partial charge < -0.3 is 9.47 Å². The van der Waals surface area contributed by atoms with Crippen molar-refractivity contribution in [2.45, 2.75) is 38.3 Å². The predicted molar refractivity (Wildman–Crippen MR) is 81.9 cm³/mol. The normalized spacial score (nSPS) is 25.6. The average molecular weight is 320 g/mol. The number of ether oxygens (including phenoxy) is 2. The van der Waals surface area contributed by atoms with Crippen molar-refractivity contribution in [3.63, 3.8) is 0 Å². The SMILES string of the molecule is CN(C(C)(C)CN1CCOCC1)S(=O)(=O)CC1CCCO1. The van der Waals surface area contributed by atoms with E-state index in [4.69, 9.17) is 9.47 Å². The van der Waals surface area contributed by atoms with Gasteiger partial charge in [0, 0.05) is 38.8 Å². The van der Waals surface area contributed by atoms with Gasteiger partial charge in [-0.15, -0.1) is 0 Å². The summed E-state index contributed by atoms with van der Waals surface area (Å²) in [7, 11) is -1.62. The largest absolute Gasteiger partial charge is 0.379 e. The molecule has 2 rings (SSSR count). The van der Waals surface area contributed by atoms with Crippen molar-refractivity contribution in [3.8, 4) is 0 Å². The molecular formula is C14H28N2O4S. The van der Waals surface area contributed by atoms with Crippen LogP contribution in [0.5, 0.6) is 0 Å². The van der Waals surface area contributed by atoms with Crippen LogP contribution in [0.4, 0.5) is 0 Å². The molecule has 0 radical (unpaired) electrons. The zero-order valence-corrected chi connectivity index (χ0v) is 14.2. The standard InChI is InChI=1S/C14H28N2O4S/c1-14(2,12-16-6-9-19-10-7-16)15(3)21(17,18)11-13-5-4-8-20-13/h13H,4-12H2,1-3H3. The lowest BCUT2D eigenvalue weighted by atomic mass is 10.1. The minimum Gasteiger partial charge on any atom is -0.379 e. The van der Waals surface area contributed by atoms with Gasteiger partial charge in [-0.25, -0.2) is 8.42 Å². The Kier molecular flexibility index (Phi) is 5.65. The minimum atomic E-state index is -3.30. The Labute approximate surface area is 128 Å². The number of hydrogen-bond acceptors (Lipinski definition) is 5. The summed E-state index contributed by atoms with van der Waals surface area (Å²) < 4.78 is 37.5. The molecule has 2 heterocycles. The third-order valence-corrected chi connectivity index (χ3v) is 6.53. The Morgan fingerprint density at radius 1 is 1.24 bits per heavy atom. The van der Waals surface area contributed by atoms with Gasteiger partial charge in [0.15, 0.2) is 0 Å². The molecule has 0 bridgehead atoms. The molecule has 124 valence electrons. The molecule has 0 aromatic carbocycles. The van der Waals surface area contributed by atoms with Crippen molar-refractivity contribution in [2.75, 3.05) is 52.3 Å². The van der Waals surface area contributed by atoms with Crippen molar-refractivity contribution >= 4 is 10.0 Å². The molecule has 2 saturated heterocycles. The maximum Gasteiger partial charge on any atom is 0.216 e. The Morgan fingerprint density at radius 3 is 2.48 bits per heavy atom. The van der Waals surface area contributed by atoms with Crippen LogP contribution in [0.3, 0.4) is 0 Å². The minimum absolute atomic E-state index is 0.0933. The Bertz CT molecular complexity index is 426. The average Bonchev–Trinajstić information content (AvgIpc) is 2.90. The molecule has 0 aromatic rings. The Morgan fingerprint density at radius 2 is 1.90 bits per heavy atom. The van der Waals surface area contributed by atoms with Gasteiger partial charge in [-0.3, -0.25) is 4.90 Å². The second-order valence-electron chi connectivity index (χ2n) is 6.58. The molecule has 7 heteroatoms. The number of hydrogen-bond donors (Lipinski definition) is 0. The van der Waals surface area contributed by atoms with Gasteiger partial charge in [-0.1, -0.05) is 0 Å². The van der Waals surface area contributed by atoms with Crippen LogP contribution in [0.15, 0.2) is 0 Å². The van der Waals surface area contributed by atoms with E-state index in [0.717, 1.165) is 45.7 Å². The van der Waals surface area contributed by atoms with Gasteiger partial charge in [0.1, 0.15) is 0 Å². The highest BCUT2D eigenvalue weighted by Crippen LogP contribution is 2.22. The molecule has 21 heavy (non-hydrogen) atoms. The van der Waals surface area contributed by atoms with Gasteiger partial charge in [0.2, 0.25) is 10.0 Å². The summed E-state index contributed by atoms with van der Waals surface area (Å²) in [5.74, 6) is 0.0933. The third-order valence-electron chi connectivity index (χ3n) is 4.40. The van der Waals surface area contributed by atoms with E-state index in [-0.39, 0.29) is 11.9 Å². The van der Waals surface area contributed by atoms with Crippen LogP contribution in [0.25, 0.3) is 0 Å². The van der Waals surface area contributed by atoms with Crippen molar-refractivity contribution < 1.29 is 17.9 Å². The van der Waals surface area contributed by atoms with Gasteiger partial charge in [-0.05, 0) is 26.7 Å². The molecule has 2 fully saturated rings. The molecule has 1 unspecified atom stereocenters. The number of morpholine rings is 1. The molecular weight excluding hydrogens is 292 g/mol. The zero-order chi connectivity index (χ0) is 15.5. The highest BCUT2D eigenvalue weighted by molar-refractivity contribution is 7.89. The van der Waals surface area contributed by atoms with E-state index >= 15 is 0 Å². The fraction of sp³-hybridized carbons (Fsp3) is 1.00. The van der Waals surface area contributed by atoms with E-state index in [1.54, 1.807) is 7.05 Å². The number of sulfonamides is 1. The summed E-state index contributed by atoms with van der Waals surface area (Å²) in [6.45, 7) is 8.54. The predicted octanol–water partition coefficient (Wildman–Crippen LogP) is 0.538. The molecule has 2 aliphatic heterocycles. The van der Waals surface area contributed by atoms with E-state index in [1.165, 1.54) is 4.31 Å². The quantitative estimate of drug-likeness (QED) is 0.715. The van der Waals surface area contributed by atoms with Crippen molar-refractivity contribution in [3.05, 3.63) is 0 Å². The van der Waals surface area contributed by atoms with E-state index in [1.807, 2.05) is 13.8 Å². The van der Waals surface area contributed by atoms with Crippen LogP contribution in [-0.4, -0.2) is 81.5 Å². The van der Waals surface area contributed by atoms with E-state index in [9.17, 15) is 8.42 Å². The zero-order valence-electron chi connectivity index (χ0n) is 13.4. The maximum atomic E-state index is 12.6. The smallest absolute Gasteiger partial charge is 0.216 e. The first-order valence-corrected chi connectivity index (χ1v) is 9.31. The summed E-state index contributed by atoms with van der Waals surface area (Å²) >= 11 is 0. The second-order valence-corrected chi connectivity index (χ2v) is 8.63. The molecule has 0 saturated carbocycles. The van der Waals surface area contributed by atoms with E-state index in [0.29, 0.717) is 6.61 Å². The molecule has 2 aliphatic rings. The molecule has 1 atom stereocenters. The monoisotopic (exact) mass is 320 g/mol. The first kappa shape index (κ1) is 17.1. The topological polar surface area (TPSA) is 59.1 Å². The second kappa shape index (κ2) is 6.91. The summed E-state index contributed by atoms with van der Waals surface area (Å²) in [5.41, 5.74) is -0.436. The first-order valence-electron chi connectivity index (χ1n) is 7.70. The van der Waals surface area contributed by atoms with Gasteiger partial charge in [-0.2, -0.15) is 4.31 Å².